The molecule has 33 heavy (non-hydrogen) atoms. The molecule has 9 heteroatoms. The van der Waals surface area contributed by atoms with E-state index in [9.17, 15) is 13.6 Å². The Morgan fingerprint density at radius 3 is 2.64 bits per heavy atom. The topological polar surface area (TPSA) is 99.6 Å². The number of nitrogen functional groups attached to an aromatic ring is 1. The highest BCUT2D eigenvalue weighted by molar-refractivity contribution is 5.87. The van der Waals surface area contributed by atoms with E-state index < -0.39 is 17.0 Å². The van der Waals surface area contributed by atoms with Gasteiger partial charge in [-0.15, -0.1) is 10.2 Å². The first-order chi connectivity index (χ1) is 15.7. The standard InChI is InChI=1S/C24H22F2N6O/c1-24(2,3)20(33)11-18-15(6-5-9-28-18)14-10-16(22(27)29-12-14)23-31-30-13-32(23)19-8-4-7-17(25)21(19)26/h4-10,12-13H,11H2,1-3H3,(H2,27,29). The van der Waals surface area contributed by atoms with Crippen LogP contribution in [0, 0.1) is 17.0 Å². The van der Waals surface area contributed by atoms with Crippen LogP contribution in [0.5, 0.6) is 0 Å². The van der Waals surface area contributed by atoms with Gasteiger partial charge >= 0.3 is 0 Å². The van der Waals surface area contributed by atoms with E-state index in [0.717, 1.165) is 6.07 Å². The summed E-state index contributed by atoms with van der Waals surface area (Å²) in [4.78, 5) is 21.3. The number of anilines is 1. The Morgan fingerprint density at radius 1 is 1.09 bits per heavy atom. The smallest absolute Gasteiger partial charge is 0.182 e. The van der Waals surface area contributed by atoms with Crippen molar-refractivity contribution in [1.82, 2.24) is 24.7 Å². The van der Waals surface area contributed by atoms with E-state index in [1.165, 1.54) is 23.0 Å². The fourth-order valence-corrected chi connectivity index (χ4v) is 3.33. The maximum atomic E-state index is 14.4. The second kappa shape index (κ2) is 8.50. The first-order valence-electron chi connectivity index (χ1n) is 10.2. The summed E-state index contributed by atoms with van der Waals surface area (Å²) >= 11 is 0. The van der Waals surface area contributed by atoms with Crippen molar-refractivity contribution in [3.63, 3.8) is 0 Å². The van der Waals surface area contributed by atoms with Gasteiger partial charge in [-0.25, -0.2) is 13.8 Å². The number of halogens is 2. The van der Waals surface area contributed by atoms with Gasteiger partial charge in [0.1, 0.15) is 17.9 Å². The zero-order valence-corrected chi connectivity index (χ0v) is 18.4. The minimum absolute atomic E-state index is 0.0485. The van der Waals surface area contributed by atoms with Crippen LogP contribution in [0.2, 0.25) is 0 Å². The van der Waals surface area contributed by atoms with Crippen LogP contribution in [-0.4, -0.2) is 30.5 Å². The van der Waals surface area contributed by atoms with Crippen molar-refractivity contribution < 1.29 is 13.6 Å². The quantitative estimate of drug-likeness (QED) is 0.486. The summed E-state index contributed by atoms with van der Waals surface area (Å²) in [6, 6.07) is 9.16. The zero-order chi connectivity index (χ0) is 23.8. The number of carbonyl (C=O) groups is 1. The average Bonchev–Trinajstić information content (AvgIpc) is 3.25. The number of hydrogen-bond donors (Lipinski definition) is 1. The Labute approximate surface area is 189 Å². The van der Waals surface area contributed by atoms with Crippen molar-refractivity contribution in [2.45, 2.75) is 27.2 Å². The number of benzene rings is 1. The highest BCUT2D eigenvalue weighted by Crippen LogP contribution is 2.32. The predicted molar refractivity (Wildman–Crippen MR) is 120 cm³/mol. The third-order valence-electron chi connectivity index (χ3n) is 5.26. The van der Waals surface area contributed by atoms with Gasteiger partial charge in [0.05, 0.1) is 16.9 Å². The molecule has 0 saturated carbocycles. The number of carbonyl (C=O) groups excluding carboxylic acids is 1. The van der Waals surface area contributed by atoms with Gasteiger partial charge in [-0.3, -0.25) is 14.3 Å². The second-order valence-electron chi connectivity index (χ2n) is 8.60. The normalized spacial score (nSPS) is 11.5. The third-order valence-corrected chi connectivity index (χ3v) is 5.26. The molecule has 7 nitrogen and oxygen atoms in total. The lowest BCUT2D eigenvalue weighted by Gasteiger charge is -2.17. The van der Waals surface area contributed by atoms with Crippen LogP contribution in [0.25, 0.3) is 28.2 Å². The zero-order valence-electron chi connectivity index (χ0n) is 18.4. The minimum atomic E-state index is -1.03. The molecule has 2 N–H and O–H groups in total. The molecule has 0 aliphatic heterocycles. The van der Waals surface area contributed by atoms with Gasteiger partial charge in [0.2, 0.25) is 0 Å². The monoisotopic (exact) mass is 448 g/mol. The molecular formula is C24H22F2N6O. The first-order valence-corrected chi connectivity index (χ1v) is 10.2. The Morgan fingerprint density at radius 2 is 1.88 bits per heavy atom. The molecule has 0 radical (unpaired) electrons. The SMILES string of the molecule is CC(C)(C)C(=O)Cc1ncccc1-c1cnc(N)c(-c2nncn2-c2cccc(F)c2F)c1. The van der Waals surface area contributed by atoms with Crippen molar-refractivity contribution in [3.05, 3.63) is 72.4 Å². The lowest BCUT2D eigenvalue weighted by Crippen LogP contribution is -2.22. The highest BCUT2D eigenvalue weighted by Gasteiger charge is 2.24. The van der Waals surface area contributed by atoms with Gasteiger partial charge in [-0.2, -0.15) is 0 Å². The summed E-state index contributed by atoms with van der Waals surface area (Å²) in [6.07, 6.45) is 4.63. The van der Waals surface area contributed by atoms with Crippen LogP contribution in [0.1, 0.15) is 26.5 Å². The molecule has 0 atom stereocenters. The molecule has 4 rings (SSSR count). The van der Waals surface area contributed by atoms with Crippen molar-refractivity contribution in [2.24, 2.45) is 5.41 Å². The largest absolute Gasteiger partial charge is 0.383 e. The molecule has 0 saturated heterocycles. The number of ketones is 1. The van der Waals surface area contributed by atoms with E-state index in [2.05, 4.69) is 20.2 Å². The number of hydrogen-bond acceptors (Lipinski definition) is 6. The number of nitrogens with two attached hydrogens (primary N) is 1. The second-order valence-corrected chi connectivity index (χ2v) is 8.60. The fraction of sp³-hybridized carbons (Fsp3) is 0.208. The molecule has 0 aliphatic carbocycles. The van der Waals surface area contributed by atoms with E-state index in [1.807, 2.05) is 26.8 Å². The number of aromatic nitrogens is 5. The van der Waals surface area contributed by atoms with E-state index in [0.29, 0.717) is 22.4 Å². The van der Waals surface area contributed by atoms with E-state index in [4.69, 9.17) is 5.73 Å². The average molecular weight is 448 g/mol. The molecule has 3 aromatic heterocycles. The van der Waals surface area contributed by atoms with Gasteiger partial charge in [-0.1, -0.05) is 32.9 Å². The molecule has 0 amide bonds. The number of rotatable bonds is 5. The van der Waals surface area contributed by atoms with Gasteiger partial charge in [-0.05, 0) is 24.3 Å². The van der Waals surface area contributed by atoms with Crippen LogP contribution in [0.15, 0.2) is 55.1 Å². The van der Waals surface area contributed by atoms with Crippen LogP contribution in [0.3, 0.4) is 0 Å². The molecule has 0 spiro atoms. The van der Waals surface area contributed by atoms with Gasteiger partial charge in [0.25, 0.3) is 0 Å². The van der Waals surface area contributed by atoms with Gasteiger partial charge in [0, 0.05) is 35.4 Å². The van der Waals surface area contributed by atoms with Gasteiger partial charge < -0.3 is 5.73 Å². The van der Waals surface area contributed by atoms with Crippen LogP contribution in [0.4, 0.5) is 14.6 Å². The van der Waals surface area contributed by atoms with Crippen molar-refractivity contribution in [1.29, 1.82) is 0 Å². The fourth-order valence-electron chi connectivity index (χ4n) is 3.33. The Bertz CT molecular complexity index is 1340. The van der Waals surface area contributed by atoms with E-state index in [-0.39, 0.29) is 29.5 Å². The van der Waals surface area contributed by atoms with Crippen molar-refractivity contribution in [2.75, 3.05) is 5.73 Å². The number of nitrogens with zero attached hydrogens (tertiary/aromatic N) is 5. The number of pyridine rings is 2. The van der Waals surface area contributed by atoms with E-state index in [1.54, 1.807) is 24.5 Å². The maximum Gasteiger partial charge on any atom is 0.182 e. The molecule has 168 valence electrons. The lowest BCUT2D eigenvalue weighted by molar-refractivity contribution is -0.125. The maximum absolute atomic E-state index is 14.4. The molecule has 0 fully saturated rings. The van der Waals surface area contributed by atoms with Gasteiger partial charge in [0.15, 0.2) is 17.5 Å². The molecule has 0 aliphatic rings. The van der Waals surface area contributed by atoms with Crippen molar-refractivity contribution >= 4 is 11.6 Å². The Balaban J connectivity index is 1.81. The lowest BCUT2D eigenvalue weighted by atomic mass is 9.87. The van der Waals surface area contributed by atoms with Crippen LogP contribution in [-0.2, 0) is 11.2 Å². The summed E-state index contributed by atoms with van der Waals surface area (Å²) in [6.45, 7) is 5.58. The summed E-state index contributed by atoms with van der Waals surface area (Å²) in [5, 5.41) is 7.92. The molecular weight excluding hydrogens is 426 g/mol. The predicted octanol–water partition coefficient (Wildman–Crippen LogP) is 4.41. The summed E-state index contributed by atoms with van der Waals surface area (Å²) < 4.78 is 29.5. The van der Waals surface area contributed by atoms with Crippen LogP contribution >= 0.6 is 0 Å². The highest BCUT2D eigenvalue weighted by atomic mass is 19.2. The summed E-state index contributed by atoms with van der Waals surface area (Å²) in [7, 11) is 0. The Kier molecular flexibility index (Phi) is 5.71. The minimum Gasteiger partial charge on any atom is -0.383 e. The van der Waals surface area contributed by atoms with Crippen LogP contribution < -0.4 is 5.73 Å². The third kappa shape index (κ3) is 4.34. The molecule has 4 aromatic rings. The molecule has 3 heterocycles. The van der Waals surface area contributed by atoms with E-state index >= 15 is 0 Å². The Hall–Kier alpha value is -4.01. The summed E-state index contributed by atoms with van der Waals surface area (Å²) in [5.41, 5.74) is 7.90. The molecule has 0 unspecified atom stereocenters. The summed E-state index contributed by atoms with van der Waals surface area (Å²) in [5.74, 6) is -1.64. The first kappa shape index (κ1) is 22.2. The molecule has 0 bridgehead atoms. The number of Topliss-reactive ketones (excluding diaryl/α,β-unsaturated/α-hetero) is 1. The van der Waals surface area contributed by atoms with Crippen molar-refractivity contribution in [3.8, 4) is 28.2 Å². The molecule has 1 aromatic carbocycles.